The van der Waals surface area contributed by atoms with E-state index in [2.05, 4.69) is 4.72 Å². The zero-order valence-corrected chi connectivity index (χ0v) is 9.88. The summed E-state index contributed by atoms with van der Waals surface area (Å²) in [6.07, 6.45) is -0.768. The molecule has 0 saturated heterocycles. The zero-order chi connectivity index (χ0) is 12.3. The minimum Gasteiger partial charge on any atom is -0.392 e. The molecule has 90 valence electrons. The van der Waals surface area contributed by atoms with Crippen molar-refractivity contribution in [1.29, 1.82) is 0 Å². The van der Waals surface area contributed by atoms with E-state index < -0.39 is 21.9 Å². The van der Waals surface area contributed by atoms with Gasteiger partial charge < -0.3 is 5.11 Å². The monoisotopic (exact) mass is 247 g/mol. The van der Waals surface area contributed by atoms with Crippen LogP contribution in [0.4, 0.5) is 4.39 Å². The second kappa shape index (κ2) is 4.90. The topological polar surface area (TPSA) is 66.4 Å². The third-order valence-electron chi connectivity index (χ3n) is 2.00. The SMILES string of the molecule is Cc1cc(F)ccc1S(=O)(=O)NC[C@H](C)O. The fourth-order valence-corrected chi connectivity index (χ4v) is 2.57. The standard InChI is InChI=1S/C10H14FNO3S/c1-7-5-9(11)3-4-10(7)16(14,15)12-6-8(2)13/h3-5,8,12-13H,6H2,1-2H3/t8-/m0/s1. The van der Waals surface area contributed by atoms with Gasteiger partial charge in [-0.05, 0) is 37.6 Å². The van der Waals surface area contributed by atoms with Crippen LogP contribution in [0.5, 0.6) is 0 Å². The van der Waals surface area contributed by atoms with Gasteiger partial charge in [-0.2, -0.15) is 0 Å². The van der Waals surface area contributed by atoms with E-state index in [1.807, 2.05) is 0 Å². The molecule has 0 aromatic heterocycles. The highest BCUT2D eigenvalue weighted by Gasteiger charge is 2.17. The van der Waals surface area contributed by atoms with Crippen LogP contribution in [0.1, 0.15) is 12.5 Å². The van der Waals surface area contributed by atoms with Crippen molar-refractivity contribution in [2.75, 3.05) is 6.54 Å². The number of hydrogen-bond donors (Lipinski definition) is 2. The molecule has 6 heteroatoms. The molecule has 1 atom stereocenters. The second-order valence-electron chi connectivity index (χ2n) is 3.61. The zero-order valence-electron chi connectivity index (χ0n) is 9.07. The first-order valence-corrected chi connectivity index (χ1v) is 6.25. The van der Waals surface area contributed by atoms with Crippen molar-refractivity contribution in [2.24, 2.45) is 0 Å². The molecule has 0 aliphatic heterocycles. The van der Waals surface area contributed by atoms with Crippen molar-refractivity contribution in [3.8, 4) is 0 Å². The molecule has 0 saturated carbocycles. The van der Waals surface area contributed by atoms with Gasteiger partial charge in [-0.15, -0.1) is 0 Å². The second-order valence-corrected chi connectivity index (χ2v) is 5.35. The van der Waals surface area contributed by atoms with Crippen LogP contribution in [0.15, 0.2) is 23.1 Å². The van der Waals surface area contributed by atoms with Crippen molar-refractivity contribution >= 4 is 10.0 Å². The summed E-state index contributed by atoms with van der Waals surface area (Å²) < 4.78 is 38.5. The van der Waals surface area contributed by atoms with Gasteiger partial charge in [0, 0.05) is 6.54 Å². The molecule has 0 amide bonds. The van der Waals surface area contributed by atoms with Gasteiger partial charge in [0.25, 0.3) is 0 Å². The van der Waals surface area contributed by atoms with Gasteiger partial charge in [-0.3, -0.25) is 0 Å². The number of aliphatic hydroxyl groups excluding tert-OH is 1. The number of rotatable bonds is 4. The number of benzene rings is 1. The molecule has 16 heavy (non-hydrogen) atoms. The molecular formula is C10H14FNO3S. The van der Waals surface area contributed by atoms with E-state index in [-0.39, 0.29) is 11.4 Å². The van der Waals surface area contributed by atoms with E-state index in [1.54, 1.807) is 0 Å². The Balaban J connectivity index is 2.99. The molecule has 0 aliphatic rings. The molecule has 0 spiro atoms. The highest BCUT2D eigenvalue weighted by atomic mass is 32.2. The normalized spacial score (nSPS) is 13.8. The Bertz CT molecular complexity index is 471. The van der Waals surface area contributed by atoms with Crippen LogP contribution in [-0.4, -0.2) is 26.2 Å². The van der Waals surface area contributed by atoms with Crippen LogP contribution in [-0.2, 0) is 10.0 Å². The third kappa shape index (κ3) is 3.26. The smallest absolute Gasteiger partial charge is 0.240 e. The summed E-state index contributed by atoms with van der Waals surface area (Å²) in [6.45, 7) is 2.92. The lowest BCUT2D eigenvalue weighted by Crippen LogP contribution is -2.31. The van der Waals surface area contributed by atoms with E-state index in [4.69, 9.17) is 5.11 Å². The molecule has 1 rings (SSSR count). The predicted molar refractivity (Wildman–Crippen MR) is 58.0 cm³/mol. The number of hydrogen-bond acceptors (Lipinski definition) is 3. The fraction of sp³-hybridized carbons (Fsp3) is 0.400. The van der Waals surface area contributed by atoms with Crippen LogP contribution >= 0.6 is 0 Å². The number of aliphatic hydroxyl groups is 1. The molecule has 1 aromatic rings. The van der Waals surface area contributed by atoms with Gasteiger partial charge in [-0.25, -0.2) is 17.5 Å². The van der Waals surface area contributed by atoms with Gasteiger partial charge in [0.2, 0.25) is 10.0 Å². The lowest BCUT2D eigenvalue weighted by atomic mass is 10.2. The third-order valence-corrected chi connectivity index (χ3v) is 3.58. The van der Waals surface area contributed by atoms with Crippen molar-refractivity contribution in [3.05, 3.63) is 29.6 Å². The summed E-state index contributed by atoms with van der Waals surface area (Å²) >= 11 is 0. The number of nitrogens with one attached hydrogen (secondary N) is 1. The summed E-state index contributed by atoms with van der Waals surface area (Å²) in [6, 6.07) is 3.44. The highest BCUT2D eigenvalue weighted by Crippen LogP contribution is 2.15. The number of sulfonamides is 1. The van der Waals surface area contributed by atoms with E-state index >= 15 is 0 Å². The van der Waals surface area contributed by atoms with E-state index in [0.29, 0.717) is 5.56 Å². The first-order chi connectivity index (χ1) is 7.33. The van der Waals surface area contributed by atoms with Crippen LogP contribution < -0.4 is 4.72 Å². The molecule has 0 heterocycles. The molecular weight excluding hydrogens is 233 g/mol. The van der Waals surface area contributed by atoms with Gasteiger partial charge in [-0.1, -0.05) is 0 Å². The van der Waals surface area contributed by atoms with E-state index in [9.17, 15) is 12.8 Å². The number of aryl methyl sites for hydroxylation is 1. The molecule has 0 bridgehead atoms. The largest absolute Gasteiger partial charge is 0.392 e. The molecule has 0 unspecified atom stereocenters. The average molecular weight is 247 g/mol. The summed E-state index contributed by atoms with van der Waals surface area (Å²) in [4.78, 5) is 0.0227. The summed E-state index contributed by atoms with van der Waals surface area (Å²) in [5.41, 5.74) is 0.332. The van der Waals surface area contributed by atoms with Gasteiger partial charge in [0.15, 0.2) is 0 Å². The lowest BCUT2D eigenvalue weighted by molar-refractivity contribution is 0.198. The van der Waals surface area contributed by atoms with Crippen LogP contribution in [0.25, 0.3) is 0 Å². The maximum Gasteiger partial charge on any atom is 0.240 e. The Morgan fingerprint density at radius 1 is 1.50 bits per heavy atom. The molecule has 2 N–H and O–H groups in total. The van der Waals surface area contributed by atoms with Crippen LogP contribution in [0.2, 0.25) is 0 Å². The maximum absolute atomic E-state index is 12.8. The van der Waals surface area contributed by atoms with Crippen molar-refractivity contribution in [2.45, 2.75) is 24.8 Å². The minimum atomic E-state index is -3.68. The molecule has 4 nitrogen and oxygen atoms in total. The summed E-state index contributed by atoms with van der Waals surface area (Å²) in [5, 5.41) is 8.99. The number of halogens is 1. The molecule has 0 radical (unpaired) electrons. The quantitative estimate of drug-likeness (QED) is 0.826. The minimum absolute atomic E-state index is 0.0227. The maximum atomic E-state index is 12.8. The first-order valence-electron chi connectivity index (χ1n) is 4.77. The Kier molecular flexibility index (Phi) is 4.01. The lowest BCUT2D eigenvalue weighted by Gasteiger charge is -2.10. The first kappa shape index (κ1) is 13.1. The summed E-state index contributed by atoms with van der Waals surface area (Å²) in [7, 11) is -3.68. The Morgan fingerprint density at radius 3 is 2.62 bits per heavy atom. The Hall–Kier alpha value is -0.980. The van der Waals surface area contributed by atoms with Gasteiger partial charge in [0.1, 0.15) is 5.82 Å². The van der Waals surface area contributed by atoms with E-state index in [0.717, 1.165) is 12.1 Å². The van der Waals surface area contributed by atoms with Crippen molar-refractivity contribution in [1.82, 2.24) is 4.72 Å². The van der Waals surface area contributed by atoms with Gasteiger partial charge >= 0.3 is 0 Å². The van der Waals surface area contributed by atoms with Crippen LogP contribution in [0.3, 0.4) is 0 Å². The van der Waals surface area contributed by atoms with E-state index in [1.165, 1.54) is 19.9 Å². The molecule has 1 aromatic carbocycles. The predicted octanol–water partition coefficient (Wildman–Crippen LogP) is 0.793. The Morgan fingerprint density at radius 2 is 2.12 bits per heavy atom. The van der Waals surface area contributed by atoms with Crippen molar-refractivity contribution in [3.63, 3.8) is 0 Å². The molecule has 0 aliphatic carbocycles. The van der Waals surface area contributed by atoms with Crippen LogP contribution in [0, 0.1) is 12.7 Å². The fourth-order valence-electron chi connectivity index (χ4n) is 1.22. The highest BCUT2D eigenvalue weighted by molar-refractivity contribution is 7.89. The molecule has 0 fully saturated rings. The van der Waals surface area contributed by atoms with Crippen molar-refractivity contribution < 1.29 is 17.9 Å². The summed E-state index contributed by atoms with van der Waals surface area (Å²) in [5.74, 6) is -0.480. The van der Waals surface area contributed by atoms with Gasteiger partial charge in [0.05, 0.1) is 11.0 Å². The average Bonchev–Trinajstić information content (AvgIpc) is 2.14. The Labute approximate surface area is 94.2 Å².